The number of fused-ring (bicyclic) bond motifs is 3. The van der Waals surface area contributed by atoms with Crippen LogP contribution >= 0.6 is 0 Å². The predicted molar refractivity (Wildman–Crippen MR) is 152 cm³/mol. The Kier molecular flexibility index (Phi) is 6.76. The average molecular weight is 490 g/mol. The first-order valence-electron chi connectivity index (χ1n) is 13.9. The minimum Gasteiger partial charge on any atom is -0.402 e. The van der Waals surface area contributed by atoms with Crippen LogP contribution < -0.4 is 5.73 Å². The molecule has 1 saturated carbocycles. The smallest absolute Gasteiger partial charge is 0.0948 e. The number of nitrogens with two attached hydrogens (primary N) is 1. The van der Waals surface area contributed by atoms with Crippen molar-refractivity contribution >= 4 is 11.6 Å². The van der Waals surface area contributed by atoms with Crippen molar-refractivity contribution in [3.63, 3.8) is 0 Å². The first kappa shape index (κ1) is 26.9. The highest BCUT2D eigenvalue weighted by atomic mass is 16.3. The maximum Gasteiger partial charge on any atom is 0.0948 e. The van der Waals surface area contributed by atoms with Gasteiger partial charge >= 0.3 is 0 Å². The van der Waals surface area contributed by atoms with Crippen LogP contribution in [0.2, 0.25) is 0 Å². The standard InChI is InChI=1S/C33H47NO2/c1-10-13-24-15-25(14-11-2)26-16-32(36)18-31(9)17-27(35)29(23(8)34)21(6)33(31,12-3)22(7)30(32)20(5)28(26)19(24)4/h10,13,15,21,27,29,35-36H,5,8,11-12,14,16-18,34H2,1-4,6-7,9H3/b13-10+. The van der Waals surface area contributed by atoms with Gasteiger partial charge in [0.25, 0.3) is 0 Å². The van der Waals surface area contributed by atoms with Crippen LogP contribution in [-0.2, 0) is 12.8 Å². The summed E-state index contributed by atoms with van der Waals surface area (Å²) in [5.74, 6) is -0.0609. The van der Waals surface area contributed by atoms with Crippen molar-refractivity contribution in [3.8, 4) is 0 Å². The van der Waals surface area contributed by atoms with E-state index in [1.807, 2.05) is 0 Å². The maximum absolute atomic E-state index is 12.5. The van der Waals surface area contributed by atoms with E-state index in [1.54, 1.807) is 0 Å². The first-order valence-corrected chi connectivity index (χ1v) is 13.9. The third kappa shape index (κ3) is 3.45. The van der Waals surface area contributed by atoms with E-state index in [9.17, 15) is 10.2 Å². The fraction of sp³-hybridized carbons (Fsp3) is 0.576. The van der Waals surface area contributed by atoms with Gasteiger partial charge in [0.1, 0.15) is 0 Å². The summed E-state index contributed by atoms with van der Waals surface area (Å²) in [6, 6.07) is 2.32. The Morgan fingerprint density at radius 3 is 2.50 bits per heavy atom. The Bertz CT molecular complexity index is 1170. The third-order valence-electron chi connectivity index (χ3n) is 10.4. The fourth-order valence-electron chi connectivity index (χ4n) is 9.32. The average Bonchev–Trinajstić information content (AvgIpc) is 2.75. The number of allylic oxidation sites excluding steroid dienone is 2. The number of aryl methyl sites for hydroxylation is 1. The van der Waals surface area contributed by atoms with E-state index in [-0.39, 0.29) is 22.7 Å². The molecule has 3 nitrogen and oxygen atoms in total. The lowest BCUT2D eigenvalue weighted by atomic mass is 9.39. The Hall–Kier alpha value is -2.10. The zero-order valence-electron chi connectivity index (χ0n) is 23.6. The zero-order valence-corrected chi connectivity index (χ0v) is 23.6. The SMILES string of the molecule is C=C1C2=C(C)C3(CC)C(C)C(C(=C)N)C(O)CC3(C)CC2(O)Cc2c(CCC)cc(/C=C/C)c(C)c21. The van der Waals surface area contributed by atoms with Crippen LogP contribution in [0.1, 0.15) is 95.0 Å². The highest BCUT2D eigenvalue weighted by Crippen LogP contribution is 2.70. The lowest BCUT2D eigenvalue weighted by Crippen LogP contribution is -2.63. The quantitative estimate of drug-likeness (QED) is 0.422. The van der Waals surface area contributed by atoms with Gasteiger partial charge in [0, 0.05) is 23.5 Å². The molecule has 0 aliphatic heterocycles. The number of aliphatic hydroxyl groups is 2. The van der Waals surface area contributed by atoms with Gasteiger partial charge in [-0.3, -0.25) is 0 Å². The molecule has 0 aromatic heterocycles. The highest BCUT2D eigenvalue weighted by molar-refractivity contribution is 5.89. The first-order chi connectivity index (χ1) is 16.8. The number of hydrogen-bond donors (Lipinski definition) is 3. The van der Waals surface area contributed by atoms with Crippen molar-refractivity contribution in [2.24, 2.45) is 28.4 Å². The van der Waals surface area contributed by atoms with Gasteiger partial charge in [-0.25, -0.2) is 0 Å². The summed E-state index contributed by atoms with van der Waals surface area (Å²) in [4.78, 5) is 0. The van der Waals surface area contributed by atoms with E-state index in [2.05, 4.69) is 79.8 Å². The lowest BCUT2D eigenvalue weighted by molar-refractivity contribution is -0.146. The minimum atomic E-state index is -0.995. The molecule has 0 spiro atoms. The van der Waals surface area contributed by atoms with Gasteiger partial charge in [-0.2, -0.15) is 0 Å². The molecule has 3 aliphatic carbocycles. The molecular formula is C33H47NO2. The number of rotatable bonds is 5. The van der Waals surface area contributed by atoms with Gasteiger partial charge in [-0.1, -0.05) is 71.1 Å². The second-order valence-corrected chi connectivity index (χ2v) is 12.3. The summed E-state index contributed by atoms with van der Waals surface area (Å²) in [6.45, 7) is 24.2. The molecule has 4 N–H and O–H groups in total. The van der Waals surface area contributed by atoms with E-state index in [0.29, 0.717) is 25.0 Å². The number of benzene rings is 1. The molecule has 1 aromatic carbocycles. The fourth-order valence-corrected chi connectivity index (χ4v) is 9.32. The Morgan fingerprint density at radius 1 is 1.28 bits per heavy atom. The van der Waals surface area contributed by atoms with Crippen molar-refractivity contribution in [2.75, 3.05) is 0 Å². The molecule has 3 aliphatic rings. The van der Waals surface area contributed by atoms with Gasteiger partial charge in [0.05, 0.1) is 11.7 Å². The van der Waals surface area contributed by atoms with E-state index in [4.69, 9.17) is 5.73 Å². The molecule has 4 rings (SSSR count). The minimum absolute atomic E-state index is 0.103. The van der Waals surface area contributed by atoms with Gasteiger partial charge < -0.3 is 15.9 Å². The molecule has 0 radical (unpaired) electrons. The van der Waals surface area contributed by atoms with Crippen LogP contribution in [0.4, 0.5) is 0 Å². The topological polar surface area (TPSA) is 66.5 Å². The molecule has 196 valence electrons. The van der Waals surface area contributed by atoms with Crippen molar-refractivity contribution in [2.45, 2.75) is 98.7 Å². The van der Waals surface area contributed by atoms with Gasteiger partial charge in [-0.15, -0.1) is 0 Å². The van der Waals surface area contributed by atoms with Crippen LogP contribution in [0.15, 0.2) is 42.1 Å². The molecule has 1 aromatic rings. The molecule has 0 saturated heterocycles. The highest BCUT2D eigenvalue weighted by Gasteiger charge is 2.65. The molecule has 1 fully saturated rings. The van der Waals surface area contributed by atoms with Crippen LogP contribution in [0.5, 0.6) is 0 Å². The zero-order chi connectivity index (χ0) is 26.8. The third-order valence-corrected chi connectivity index (χ3v) is 10.4. The van der Waals surface area contributed by atoms with Crippen LogP contribution in [-0.4, -0.2) is 21.9 Å². The second kappa shape index (κ2) is 9.03. The lowest BCUT2D eigenvalue weighted by Gasteiger charge is -2.66. The van der Waals surface area contributed by atoms with Crippen LogP contribution in [0.25, 0.3) is 11.6 Å². The largest absolute Gasteiger partial charge is 0.402 e. The normalized spacial score (nSPS) is 36.0. The molecule has 0 amide bonds. The van der Waals surface area contributed by atoms with Crippen molar-refractivity contribution in [1.29, 1.82) is 0 Å². The van der Waals surface area contributed by atoms with Gasteiger partial charge in [-0.05, 0) is 96.8 Å². The van der Waals surface area contributed by atoms with Crippen LogP contribution in [0.3, 0.4) is 0 Å². The summed E-state index contributed by atoms with van der Waals surface area (Å²) < 4.78 is 0. The molecule has 6 atom stereocenters. The van der Waals surface area contributed by atoms with Gasteiger partial charge in [0.2, 0.25) is 0 Å². The van der Waals surface area contributed by atoms with Crippen LogP contribution in [0, 0.1) is 29.6 Å². The van der Waals surface area contributed by atoms with Crippen molar-refractivity contribution < 1.29 is 10.2 Å². The maximum atomic E-state index is 12.5. The molecular weight excluding hydrogens is 442 g/mol. The molecule has 36 heavy (non-hydrogen) atoms. The van der Waals surface area contributed by atoms with E-state index in [1.165, 1.54) is 33.4 Å². The van der Waals surface area contributed by atoms with E-state index < -0.39 is 11.7 Å². The monoisotopic (exact) mass is 489 g/mol. The molecule has 3 heteroatoms. The summed E-state index contributed by atoms with van der Waals surface area (Å²) in [7, 11) is 0. The van der Waals surface area contributed by atoms with E-state index in [0.717, 1.165) is 30.4 Å². The summed E-state index contributed by atoms with van der Waals surface area (Å²) in [5, 5.41) is 23.8. The number of aliphatic hydroxyl groups excluding tert-OH is 1. The van der Waals surface area contributed by atoms with Crippen molar-refractivity contribution in [1.82, 2.24) is 0 Å². The Labute approximate surface area is 218 Å². The van der Waals surface area contributed by atoms with E-state index >= 15 is 0 Å². The van der Waals surface area contributed by atoms with Crippen molar-refractivity contribution in [3.05, 3.63) is 70.0 Å². The Morgan fingerprint density at radius 2 is 1.94 bits per heavy atom. The predicted octanol–water partition coefficient (Wildman–Crippen LogP) is 6.89. The molecule has 6 unspecified atom stereocenters. The second-order valence-electron chi connectivity index (χ2n) is 12.3. The van der Waals surface area contributed by atoms with Gasteiger partial charge in [0.15, 0.2) is 0 Å². The molecule has 0 bridgehead atoms. The number of hydrogen-bond acceptors (Lipinski definition) is 3. The summed E-state index contributed by atoms with van der Waals surface area (Å²) in [5.41, 5.74) is 14.9. The Balaban J connectivity index is 2.03. The summed E-state index contributed by atoms with van der Waals surface area (Å²) >= 11 is 0. The molecule has 0 heterocycles. The summed E-state index contributed by atoms with van der Waals surface area (Å²) in [6.07, 6.45) is 8.54.